The highest BCUT2D eigenvalue weighted by atomic mass is 19.4. The number of aryl methyl sites for hydroxylation is 1. The number of rotatable bonds is 7. The summed E-state index contributed by atoms with van der Waals surface area (Å²) < 4.78 is 37.3. The minimum atomic E-state index is -4.34. The summed E-state index contributed by atoms with van der Waals surface area (Å²) in [5, 5.41) is 12.0. The van der Waals surface area contributed by atoms with Crippen LogP contribution < -0.4 is 5.32 Å². The molecule has 0 aliphatic heterocycles. The monoisotopic (exact) mass is 317 g/mol. The van der Waals surface area contributed by atoms with Crippen molar-refractivity contribution in [3.05, 3.63) is 35.4 Å². The highest BCUT2D eigenvalue weighted by molar-refractivity contribution is 5.76. The SMILES string of the molecule is CC(O)CC(C)CNC(=O)CCc1ccc(C(F)(F)F)cc1. The smallest absolute Gasteiger partial charge is 0.393 e. The molecule has 0 aliphatic carbocycles. The molecule has 1 aromatic carbocycles. The normalized spacial score (nSPS) is 14.5. The average molecular weight is 317 g/mol. The molecule has 2 atom stereocenters. The summed E-state index contributed by atoms with van der Waals surface area (Å²) in [5.74, 6) is 0.0346. The van der Waals surface area contributed by atoms with Crippen molar-refractivity contribution in [2.75, 3.05) is 6.54 Å². The second-order valence-corrected chi connectivity index (χ2v) is 5.69. The maximum Gasteiger partial charge on any atom is 0.416 e. The average Bonchev–Trinajstić information content (AvgIpc) is 2.41. The fraction of sp³-hybridized carbons (Fsp3) is 0.562. The van der Waals surface area contributed by atoms with E-state index in [9.17, 15) is 23.1 Å². The van der Waals surface area contributed by atoms with Crippen molar-refractivity contribution in [1.82, 2.24) is 5.32 Å². The quantitative estimate of drug-likeness (QED) is 0.811. The van der Waals surface area contributed by atoms with Crippen molar-refractivity contribution in [3.63, 3.8) is 0 Å². The first-order valence-electron chi connectivity index (χ1n) is 7.29. The molecule has 0 bridgehead atoms. The molecule has 0 saturated heterocycles. The molecule has 1 aromatic rings. The molecule has 0 radical (unpaired) electrons. The predicted octanol–water partition coefficient (Wildman–Crippen LogP) is 3.16. The van der Waals surface area contributed by atoms with E-state index in [1.54, 1.807) is 6.92 Å². The van der Waals surface area contributed by atoms with Gasteiger partial charge in [-0.3, -0.25) is 4.79 Å². The largest absolute Gasteiger partial charge is 0.416 e. The first-order chi connectivity index (χ1) is 10.2. The van der Waals surface area contributed by atoms with E-state index in [0.717, 1.165) is 12.1 Å². The van der Waals surface area contributed by atoms with Crippen LogP contribution in [0.15, 0.2) is 24.3 Å². The van der Waals surface area contributed by atoms with Crippen LogP contribution in [-0.4, -0.2) is 23.7 Å². The standard InChI is InChI=1S/C16H22F3NO2/c1-11(9-12(2)21)10-20-15(22)8-5-13-3-6-14(7-4-13)16(17,18)19/h3-4,6-7,11-12,21H,5,8-10H2,1-2H3,(H,20,22). The van der Waals surface area contributed by atoms with Crippen LogP contribution in [0.3, 0.4) is 0 Å². The minimum Gasteiger partial charge on any atom is -0.393 e. The molecule has 0 saturated carbocycles. The summed E-state index contributed by atoms with van der Waals surface area (Å²) in [4.78, 5) is 11.7. The van der Waals surface area contributed by atoms with Gasteiger partial charge in [0, 0.05) is 13.0 Å². The number of hydrogen-bond donors (Lipinski definition) is 2. The van der Waals surface area contributed by atoms with E-state index in [-0.39, 0.29) is 18.2 Å². The highest BCUT2D eigenvalue weighted by Crippen LogP contribution is 2.29. The third-order valence-electron chi connectivity index (χ3n) is 3.31. The van der Waals surface area contributed by atoms with E-state index >= 15 is 0 Å². The number of nitrogens with one attached hydrogen (secondary N) is 1. The topological polar surface area (TPSA) is 49.3 Å². The van der Waals surface area contributed by atoms with Crippen LogP contribution in [0.2, 0.25) is 0 Å². The van der Waals surface area contributed by atoms with Crippen molar-refractivity contribution < 1.29 is 23.1 Å². The summed E-state index contributed by atoms with van der Waals surface area (Å²) in [6, 6.07) is 4.84. The molecule has 6 heteroatoms. The van der Waals surface area contributed by atoms with Crippen molar-refractivity contribution >= 4 is 5.91 Å². The van der Waals surface area contributed by atoms with E-state index in [2.05, 4.69) is 5.32 Å². The summed E-state index contributed by atoms with van der Waals surface area (Å²) >= 11 is 0. The first kappa shape index (κ1) is 18.5. The molecular formula is C16H22F3NO2. The zero-order valence-corrected chi connectivity index (χ0v) is 12.8. The fourth-order valence-corrected chi connectivity index (χ4v) is 2.16. The van der Waals surface area contributed by atoms with Crippen molar-refractivity contribution in [2.24, 2.45) is 5.92 Å². The Hall–Kier alpha value is -1.56. The van der Waals surface area contributed by atoms with E-state index in [1.807, 2.05) is 6.92 Å². The second-order valence-electron chi connectivity index (χ2n) is 5.69. The van der Waals surface area contributed by atoms with Gasteiger partial charge in [-0.15, -0.1) is 0 Å². The molecule has 2 unspecified atom stereocenters. The lowest BCUT2D eigenvalue weighted by Crippen LogP contribution is -2.29. The van der Waals surface area contributed by atoms with E-state index in [4.69, 9.17) is 0 Å². The zero-order chi connectivity index (χ0) is 16.8. The van der Waals surface area contributed by atoms with Crippen molar-refractivity contribution in [2.45, 2.75) is 45.4 Å². The van der Waals surface area contributed by atoms with E-state index in [1.165, 1.54) is 12.1 Å². The van der Waals surface area contributed by atoms with Crippen molar-refractivity contribution in [1.29, 1.82) is 0 Å². The molecule has 0 fully saturated rings. The molecular weight excluding hydrogens is 295 g/mol. The molecule has 0 heterocycles. The number of aliphatic hydroxyl groups is 1. The first-order valence-corrected chi connectivity index (χ1v) is 7.29. The maximum atomic E-state index is 12.4. The second kappa shape index (κ2) is 8.17. The van der Waals surface area contributed by atoms with Gasteiger partial charge in [0.2, 0.25) is 5.91 Å². The molecule has 1 rings (SSSR count). The molecule has 0 aromatic heterocycles. The van der Waals surface area contributed by atoms with Crippen molar-refractivity contribution in [3.8, 4) is 0 Å². The number of aliphatic hydroxyl groups excluding tert-OH is 1. The Morgan fingerprint density at radius 2 is 1.82 bits per heavy atom. The number of carbonyl (C=O) groups excluding carboxylic acids is 1. The van der Waals surface area contributed by atoms with Crippen LogP contribution >= 0.6 is 0 Å². The van der Waals surface area contributed by atoms with Gasteiger partial charge in [-0.25, -0.2) is 0 Å². The lowest BCUT2D eigenvalue weighted by molar-refractivity contribution is -0.137. The molecule has 1 amide bonds. The van der Waals surface area contributed by atoms with Gasteiger partial charge < -0.3 is 10.4 Å². The van der Waals surface area contributed by atoms with Crippen LogP contribution in [0.4, 0.5) is 13.2 Å². The Kier molecular flexibility index (Phi) is 6.87. The molecule has 0 aliphatic rings. The van der Waals surface area contributed by atoms with Gasteiger partial charge in [0.15, 0.2) is 0 Å². The van der Waals surface area contributed by atoms with Crippen LogP contribution in [0.1, 0.15) is 37.8 Å². The van der Waals surface area contributed by atoms with Gasteiger partial charge in [-0.05, 0) is 43.4 Å². The number of amides is 1. The number of hydrogen-bond acceptors (Lipinski definition) is 2. The van der Waals surface area contributed by atoms with Crippen LogP contribution in [0, 0.1) is 5.92 Å². The summed E-state index contributed by atoms with van der Waals surface area (Å²) in [5.41, 5.74) is 0.00725. The summed E-state index contributed by atoms with van der Waals surface area (Å²) in [7, 11) is 0. The summed E-state index contributed by atoms with van der Waals surface area (Å²) in [6.07, 6.45) is -3.50. The Labute approximate surface area is 128 Å². The predicted molar refractivity (Wildman–Crippen MR) is 78.2 cm³/mol. The van der Waals surface area contributed by atoms with Gasteiger partial charge in [0.1, 0.15) is 0 Å². The fourth-order valence-electron chi connectivity index (χ4n) is 2.16. The van der Waals surface area contributed by atoms with Gasteiger partial charge in [0.25, 0.3) is 0 Å². The van der Waals surface area contributed by atoms with Crippen LogP contribution in [0.5, 0.6) is 0 Å². The van der Waals surface area contributed by atoms with E-state index in [0.29, 0.717) is 24.9 Å². The third-order valence-corrected chi connectivity index (χ3v) is 3.31. The highest BCUT2D eigenvalue weighted by Gasteiger charge is 2.29. The lowest BCUT2D eigenvalue weighted by Gasteiger charge is -2.14. The molecule has 3 nitrogen and oxygen atoms in total. The Balaban J connectivity index is 2.35. The minimum absolute atomic E-state index is 0.141. The van der Waals surface area contributed by atoms with Gasteiger partial charge in [-0.2, -0.15) is 13.2 Å². The number of alkyl halides is 3. The molecule has 124 valence electrons. The number of benzene rings is 1. The third kappa shape index (κ3) is 6.93. The molecule has 22 heavy (non-hydrogen) atoms. The Bertz CT molecular complexity index is 469. The molecule has 2 N–H and O–H groups in total. The van der Waals surface area contributed by atoms with Crippen LogP contribution in [0.25, 0.3) is 0 Å². The Morgan fingerprint density at radius 3 is 2.32 bits per heavy atom. The van der Waals surface area contributed by atoms with Gasteiger partial charge in [-0.1, -0.05) is 19.1 Å². The number of halogens is 3. The number of carbonyl (C=O) groups is 1. The van der Waals surface area contributed by atoms with E-state index < -0.39 is 17.8 Å². The molecule has 0 spiro atoms. The van der Waals surface area contributed by atoms with Gasteiger partial charge >= 0.3 is 6.18 Å². The van der Waals surface area contributed by atoms with Gasteiger partial charge in [0.05, 0.1) is 11.7 Å². The Morgan fingerprint density at radius 1 is 1.23 bits per heavy atom. The lowest BCUT2D eigenvalue weighted by atomic mass is 10.0. The summed E-state index contributed by atoms with van der Waals surface area (Å²) in [6.45, 7) is 4.11. The van der Waals surface area contributed by atoms with Crippen LogP contribution in [-0.2, 0) is 17.4 Å². The maximum absolute atomic E-state index is 12.4. The zero-order valence-electron chi connectivity index (χ0n) is 12.8.